The maximum absolute atomic E-state index is 11.6. The Morgan fingerprint density at radius 1 is 1.32 bits per heavy atom. The predicted octanol–water partition coefficient (Wildman–Crippen LogP) is -0.308. The molecule has 5 N–H and O–H groups in total. The number of anilines is 1. The molecule has 6 heteroatoms. The number of likely N-dealkylation sites (N-methyl/N-ethyl adjacent to an activating group) is 1. The molecule has 0 aliphatic rings. The molecule has 0 bridgehead atoms. The van der Waals surface area contributed by atoms with Gasteiger partial charge in [-0.15, -0.1) is 0 Å². The maximum Gasteiger partial charge on any atom is 0.234 e. The van der Waals surface area contributed by atoms with Crippen molar-refractivity contribution in [2.75, 3.05) is 25.4 Å². The summed E-state index contributed by atoms with van der Waals surface area (Å²) in [5.74, 6) is -0.596. The first-order valence-corrected chi connectivity index (χ1v) is 6.13. The largest absolute Gasteiger partial charge is 0.399 e. The number of amides is 2. The fourth-order valence-electron chi connectivity index (χ4n) is 1.79. The van der Waals surface area contributed by atoms with Crippen LogP contribution in [0.15, 0.2) is 24.3 Å². The molecule has 104 valence electrons. The standard InChI is InChI=1S/C13H20N4O2/c1-2-16-13(19)9-17(8-12(15)18)7-10-4-3-5-11(14)6-10/h3-6H,2,7-9,14H2,1H3,(H2,15,18)(H,16,19). The molecule has 0 saturated carbocycles. The number of benzene rings is 1. The van der Waals surface area contributed by atoms with E-state index in [1.165, 1.54) is 0 Å². The number of carbonyl (C=O) groups excluding carboxylic acids is 2. The van der Waals surface area contributed by atoms with E-state index in [2.05, 4.69) is 5.32 Å². The third-order valence-electron chi connectivity index (χ3n) is 2.48. The molecule has 1 aromatic rings. The minimum atomic E-state index is -0.465. The summed E-state index contributed by atoms with van der Waals surface area (Å²) in [5.41, 5.74) is 12.5. The van der Waals surface area contributed by atoms with Crippen molar-refractivity contribution in [3.05, 3.63) is 29.8 Å². The van der Waals surface area contributed by atoms with Crippen LogP contribution < -0.4 is 16.8 Å². The third-order valence-corrected chi connectivity index (χ3v) is 2.48. The molecule has 6 nitrogen and oxygen atoms in total. The van der Waals surface area contributed by atoms with Gasteiger partial charge < -0.3 is 16.8 Å². The van der Waals surface area contributed by atoms with Gasteiger partial charge in [0.25, 0.3) is 0 Å². The Labute approximate surface area is 112 Å². The molecule has 0 fully saturated rings. The monoisotopic (exact) mass is 264 g/mol. The van der Waals surface area contributed by atoms with Crippen LogP contribution >= 0.6 is 0 Å². The second-order valence-corrected chi connectivity index (χ2v) is 4.31. The molecule has 1 aromatic carbocycles. The molecule has 0 heterocycles. The number of rotatable bonds is 7. The van der Waals surface area contributed by atoms with E-state index >= 15 is 0 Å². The molecule has 2 amide bonds. The highest BCUT2D eigenvalue weighted by atomic mass is 16.2. The lowest BCUT2D eigenvalue weighted by atomic mass is 10.2. The first-order chi connectivity index (χ1) is 9.01. The number of nitrogens with two attached hydrogens (primary N) is 2. The van der Waals surface area contributed by atoms with E-state index in [4.69, 9.17) is 11.5 Å². The minimum absolute atomic E-state index is 0.0337. The summed E-state index contributed by atoms with van der Waals surface area (Å²) in [4.78, 5) is 24.3. The van der Waals surface area contributed by atoms with E-state index in [-0.39, 0.29) is 19.0 Å². The van der Waals surface area contributed by atoms with Gasteiger partial charge in [-0.3, -0.25) is 14.5 Å². The Morgan fingerprint density at radius 2 is 2.05 bits per heavy atom. The van der Waals surface area contributed by atoms with Gasteiger partial charge in [0, 0.05) is 18.8 Å². The molecular weight excluding hydrogens is 244 g/mol. The second kappa shape index (κ2) is 7.38. The average Bonchev–Trinajstić information content (AvgIpc) is 2.27. The van der Waals surface area contributed by atoms with Crippen LogP contribution in [-0.4, -0.2) is 36.3 Å². The van der Waals surface area contributed by atoms with Crippen LogP contribution in [0, 0.1) is 0 Å². The predicted molar refractivity (Wildman–Crippen MR) is 74.0 cm³/mol. The van der Waals surface area contributed by atoms with E-state index in [9.17, 15) is 9.59 Å². The van der Waals surface area contributed by atoms with E-state index in [0.717, 1.165) is 5.56 Å². The summed E-state index contributed by atoms with van der Waals surface area (Å²) in [6.07, 6.45) is 0. The zero-order valence-electron chi connectivity index (χ0n) is 11.1. The van der Waals surface area contributed by atoms with Crippen molar-refractivity contribution in [3.63, 3.8) is 0 Å². The molecular formula is C13H20N4O2. The van der Waals surface area contributed by atoms with Crippen molar-refractivity contribution in [1.29, 1.82) is 0 Å². The van der Waals surface area contributed by atoms with Gasteiger partial charge in [0.15, 0.2) is 0 Å². The molecule has 0 spiro atoms. The SMILES string of the molecule is CCNC(=O)CN(CC(N)=O)Cc1cccc(N)c1. The number of hydrogen-bond donors (Lipinski definition) is 3. The summed E-state index contributed by atoms with van der Waals surface area (Å²) in [6, 6.07) is 7.32. The summed E-state index contributed by atoms with van der Waals surface area (Å²) < 4.78 is 0. The molecule has 0 saturated heterocycles. The average molecular weight is 264 g/mol. The number of nitrogen functional groups attached to an aromatic ring is 1. The lowest BCUT2D eigenvalue weighted by Crippen LogP contribution is -2.41. The molecule has 0 aliphatic heterocycles. The third kappa shape index (κ3) is 5.87. The van der Waals surface area contributed by atoms with E-state index < -0.39 is 5.91 Å². The van der Waals surface area contributed by atoms with Crippen molar-refractivity contribution in [1.82, 2.24) is 10.2 Å². The highest BCUT2D eigenvalue weighted by Gasteiger charge is 2.13. The smallest absolute Gasteiger partial charge is 0.234 e. The summed E-state index contributed by atoms with van der Waals surface area (Å²) in [7, 11) is 0. The lowest BCUT2D eigenvalue weighted by molar-refractivity contribution is -0.124. The van der Waals surface area contributed by atoms with Crippen LogP contribution in [0.2, 0.25) is 0 Å². The van der Waals surface area contributed by atoms with Crippen LogP contribution in [0.1, 0.15) is 12.5 Å². The normalized spacial score (nSPS) is 10.4. The Hall–Kier alpha value is -2.08. The molecule has 0 unspecified atom stereocenters. The van der Waals surface area contributed by atoms with Gasteiger partial charge in [-0.1, -0.05) is 12.1 Å². The van der Waals surface area contributed by atoms with Crippen LogP contribution in [0.4, 0.5) is 5.69 Å². The lowest BCUT2D eigenvalue weighted by Gasteiger charge is -2.20. The number of primary amides is 1. The molecule has 0 atom stereocenters. The topological polar surface area (TPSA) is 101 Å². The van der Waals surface area contributed by atoms with Gasteiger partial charge in [0.1, 0.15) is 0 Å². The van der Waals surface area contributed by atoms with Gasteiger partial charge in [-0.2, -0.15) is 0 Å². The molecule has 0 aliphatic carbocycles. The minimum Gasteiger partial charge on any atom is -0.399 e. The zero-order valence-corrected chi connectivity index (χ0v) is 11.1. The van der Waals surface area contributed by atoms with Crippen molar-refractivity contribution in [3.8, 4) is 0 Å². The van der Waals surface area contributed by atoms with Crippen LogP contribution in [0.3, 0.4) is 0 Å². The highest BCUT2D eigenvalue weighted by Crippen LogP contribution is 2.09. The first kappa shape index (κ1) is 15.0. The van der Waals surface area contributed by atoms with Crippen LogP contribution in [0.5, 0.6) is 0 Å². The van der Waals surface area contributed by atoms with Crippen LogP contribution in [-0.2, 0) is 16.1 Å². The molecule has 19 heavy (non-hydrogen) atoms. The summed E-state index contributed by atoms with van der Waals surface area (Å²) in [5, 5.41) is 2.69. The highest BCUT2D eigenvalue weighted by molar-refractivity contribution is 5.80. The quantitative estimate of drug-likeness (QED) is 0.588. The Bertz CT molecular complexity index is 448. The zero-order chi connectivity index (χ0) is 14.3. The van der Waals surface area contributed by atoms with Crippen molar-refractivity contribution < 1.29 is 9.59 Å². The van der Waals surface area contributed by atoms with Crippen molar-refractivity contribution in [2.45, 2.75) is 13.5 Å². The Morgan fingerprint density at radius 3 is 2.63 bits per heavy atom. The maximum atomic E-state index is 11.6. The van der Waals surface area contributed by atoms with Crippen molar-refractivity contribution >= 4 is 17.5 Å². The number of carbonyl (C=O) groups is 2. The second-order valence-electron chi connectivity index (χ2n) is 4.31. The number of nitrogens with zero attached hydrogens (tertiary/aromatic N) is 1. The van der Waals surface area contributed by atoms with E-state index in [0.29, 0.717) is 18.8 Å². The molecule has 0 aromatic heterocycles. The molecule has 0 radical (unpaired) electrons. The van der Waals surface area contributed by atoms with Gasteiger partial charge >= 0.3 is 0 Å². The summed E-state index contributed by atoms with van der Waals surface area (Å²) >= 11 is 0. The molecule has 1 rings (SSSR count). The Balaban J connectivity index is 2.68. The summed E-state index contributed by atoms with van der Waals surface area (Å²) in [6.45, 7) is 3.01. The van der Waals surface area contributed by atoms with Gasteiger partial charge in [0.2, 0.25) is 11.8 Å². The van der Waals surface area contributed by atoms with Crippen molar-refractivity contribution in [2.24, 2.45) is 5.73 Å². The van der Waals surface area contributed by atoms with Gasteiger partial charge in [0.05, 0.1) is 13.1 Å². The number of nitrogens with one attached hydrogen (secondary N) is 1. The van der Waals surface area contributed by atoms with E-state index in [1.54, 1.807) is 11.0 Å². The fraction of sp³-hybridized carbons (Fsp3) is 0.385. The van der Waals surface area contributed by atoms with E-state index in [1.807, 2.05) is 25.1 Å². The first-order valence-electron chi connectivity index (χ1n) is 6.13. The van der Waals surface area contributed by atoms with Gasteiger partial charge in [-0.05, 0) is 24.6 Å². The van der Waals surface area contributed by atoms with Crippen LogP contribution in [0.25, 0.3) is 0 Å². The number of hydrogen-bond acceptors (Lipinski definition) is 4. The fourth-order valence-corrected chi connectivity index (χ4v) is 1.79. The van der Waals surface area contributed by atoms with Gasteiger partial charge in [-0.25, -0.2) is 0 Å². The Kier molecular flexibility index (Phi) is 5.81.